The Balaban J connectivity index is 1.73. The zero-order valence-corrected chi connectivity index (χ0v) is 11.0. The summed E-state index contributed by atoms with van der Waals surface area (Å²) in [5.74, 6) is 0. The zero-order chi connectivity index (χ0) is 12.5. The molecule has 1 spiro atoms. The molecule has 0 aromatic rings. The minimum absolute atomic E-state index is 0.0458. The van der Waals surface area contributed by atoms with Crippen LogP contribution < -0.4 is 0 Å². The Morgan fingerprint density at radius 3 is 3.11 bits per heavy atom. The van der Waals surface area contributed by atoms with E-state index in [1.165, 1.54) is 19.3 Å². The number of rotatable bonds is 5. The summed E-state index contributed by atoms with van der Waals surface area (Å²) >= 11 is 0. The van der Waals surface area contributed by atoms with E-state index in [-0.39, 0.29) is 17.3 Å². The van der Waals surface area contributed by atoms with Gasteiger partial charge in [0.25, 0.3) is 0 Å². The topological polar surface area (TPSA) is 36.9 Å². The third kappa shape index (κ3) is 1.87. The van der Waals surface area contributed by atoms with Gasteiger partial charge >= 0.3 is 0 Å². The predicted octanol–water partition coefficient (Wildman–Crippen LogP) is 2.59. The lowest BCUT2D eigenvalue weighted by molar-refractivity contribution is -0.165. The van der Waals surface area contributed by atoms with Crippen molar-refractivity contribution in [2.75, 3.05) is 20.5 Å². The van der Waals surface area contributed by atoms with E-state index in [1.807, 2.05) is 6.26 Å². The van der Waals surface area contributed by atoms with Gasteiger partial charge in [-0.3, -0.25) is 0 Å². The molecule has 18 heavy (non-hydrogen) atoms. The number of fused-ring (bicyclic) bond motifs is 1. The van der Waals surface area contributed by atoms with E-state index in [2.05, 4.69) is 6.08 Å². The van der Waals surface area contributed by atoms with Crippen molar-refractivity contribution in [3.8, 4) is 0 Å². The summed E-state index contributed by atoms with van der Waals surface area (Å²) in [7, 11) is 1.66. The normalized spacial score (nSPS) is 41.5. The van der Waals surface area contributed by atoms with Crippen molar-refractivity contribution in [3.63, 3.8) is 0 Å². The Morgan fingerprint density at radius 1 is 1.33 bits per heavy atom. The van der Waals surface area contributed by atoms with Gasteiger partial charge in [-0.05, 0) is 25.3 Å². The molecule has 3 aliphatic rings. The minimum Gasteiger partial charge on any atom is -0.473 e. The fourth-order valence-corrected chi connectivity index (χ4v) is 3.84. The Labute approximate surface area is 108 Å². The van der Waals surface area contributed by atoms with E-state index in [9.17, 15) is 0 Å². The number of hydrogen-bond acceptors (Lipinski definition) is 4. The van der Waals surface area contributed by atoms with Crippen LogP contribution in [0.15, 0.2) is 12.3 Å². The molecule has 1 saturated carbocycles. The van der Waals surface area contributed by atoms with Gasteiger partial charge in [0.2, 0.25) is 6.29 Å². The summed E-state index contributed by atoms with van der Waals surface area (Å²) in [6, 6.07) is 0. The highest BCUT2D eigenvalue weighted by molar-refractivity contribution is 5.18. The Morgan fingerprint density at radius 2 is 2.22 bits per heavy atom. The lowest BCUT2D eigenvalue weighted by Crippen LogP contribution is -2.47. The summed E-state index contributed by atoms with van der Waals surface area (Å²) in [5, 5.41) is 0. The number of methoxy groups -OCH3 is 1. The average molecular weight is 254 g/mol. The second-order valence-corrected chi connectivity index (χ2v) is 5.63. The van der Waals surface area contributed by atoms with E-state index >= 15 is 0 Å². The van der Waals surface area contributed by atoms with Crippen LogP contribution >= 0.6 is 0 Å². The van der Waals surface area contributed by atoms with Crippen LogP contribution in [0.3, 0.4) is 0 Å². The molecule has 3 atom stereocenters. The molecule has 2 bridgehead atoms. The van der Waals surface area contributed by atoms with Crippen molar-refractivity contribution in [2.24, 2.45) is 5.41 Å². The van der Waals surface area contributed by atoms with Crippen LogP contribution in [0.2, 0.25) is 0 Å². The monoisotopic (exact) mass is 254 g/mol. The number of hydrogen-bond donors (Lipinski definition) is 0. The standard InChI is InChI=1S/C14H22O4/c1-15-11-16-8-6-13-4-2-3-5-14(13)7-9-17-12(10-13)18-14/h7,9,12H,2-6,8,10-11H2,1H3/t12-,13-,14-/m1/s1. The van der Waals surface area contributed by atoms with Gasteiger partial charge in [-0.25, -0.2) is 0 Å². The highest BCUT2D eigenvalue weighted by Crippen LogP contribution is 2.59. The summed E-state index contributed by atoms with van der Waals surface area (Å²) in [6.07, 6.45) is 10.8. The molecule has 4 heteroatoms. The molecule has 0 amide bonds. The second-order valence-electron chi connectivity index (χ2n) is 5.63. The minimum atomic E-state index is -0.0927. The highest BCUT2D eigenvalue weighted by Gasteiger charge is 2.60. The molecule has 0 radical (unpaired) electrons. The van der Waals surface area contributed by atoms with Crippen molar-refractivity contribution in [3.05, 3.63) is 12.3 Å². The maximum absolute atomic E-state index is 6.15. The largest absolute Gasteiger partial charge is 0.473 e. The van der Waals surface area contributed by atoms with Gasteiger partial charge in [0.05, 0.1) is 18.5 Å². The molecule has 0 unspecified atom stereocenters. The first-order chi connectivity index (χ1) is 8.80. The molecule has 2 fully saturated rings. The molecule has 1 aliphatic carbocycles. The van der Waals surface area contributed by atoms with Crippen molar-refractivity contribution < 1.29 is 18.9 Å². The average Bonchev–Trinajstić information content (AvgIpc) is 2.61. The molecule has 3 rings (SSSR count). The maximum atomic E-state index is 6.15. The first-order valence-corrected chi connectivity index (χ1v) is 6.88. The highest BCUT2D eigenvalue weighted by atomic mass is 16.7. The fourth-order valence-electron chi connectivity index (χ4n) is 3.84. The first-order valence-electron chi connectivity index (χ1n) is 6.88. The van der Waals surface area contributed by atoms with Crippen LogP contribution in [0.1, 0.15) is 38.5 Å². The van der Waals surface area contributed by atoms with Gasteiger partial charge in [-0.15, -0.1) is 0 Å². The van der Waals surface area contributed by atoms with Gasteiger partial charge in [0.15, 0.2) is 0 Å². The van der Waals surface area contributed by atoms with Gasteiger partial charge in [0.1, 0.15) is 6.79 Å². The summed E-state index contributed by atoms with van der Waals surface area (Å²) in [4.78, 5) is 0. The third-order valence-electron chi connectivity index (χ3n) is 4.74. The first kappa shape index (κ1) is 12.5. The summed E-state index contributed by atoms with van der Waals surface area (Å²) in [5.41, 5.74) is 0.112. The summed E-state index contributed by atoms with van der Waals surface area (Å²) in [6.45, 7) is 1.11. The van der Waals surface area contributed by atoms with Gasteiger partial charge in [-0.1, -0.05) is 12.8 Å². The molecule has 1 saturated heterocycles. The van der Waals surface area contributed by atoms with Gasteiger partial charge in [-0.2, -0.15) is 0 Å². The lowest BCUT2D eigenvalue weighted by atomic mass is 9.61. The molecule has 4 nitrogen and oxygen atoms in total. The van der Waals surface area contributed by atoms with Gasteiger partial charge in [0, 0.05) is 18.9 Å². The number of ether oxygens (including phenoxy) is 4. The van der Waals surface area contributed by atoms with E-state index in [0.29, 0.717) is 6.79 Å². The van der Waals surface area contributed by atoms with Crippen molar-refractivity contribution in [1.82, 2.24) is 0 Å². The van der Waals surface area contributed by atoms with E-state index in [0.717, 1.165) is 25.9 Å². The van der Waals surface area contributed by atoms with Crippen LogP contribution in [0, 0.1) is 5.41 Å². The molecule has 0 aromatic heterocycles. The third-order valence-corrected chi connectivity index (χ3v) is 4.74. The van der Waals surface area contributed by atoms with E-state index < -0.39 is 0 Å². The molecular formula is C14H22O4. The molecule has 0 aromatic carbocycles. The van der Waals surface area contributed by atoms with Crippen LogP contribution in [-0.4, -0.2) is 32.4 Å². The Hall–Kier alpha value is -0.580. The van der Waals surface area contributed by atoms with Crippen LogP contribution in [-0.2, 0) is 18.9 Å². The molecule has 102 valence electrons. The Kier molecular flexibility index (Phi) is 3.34. The van der Waals surface area contributed by atoms with E-state index in [4.69, 9.17) is 18.9 Å². The summed E-state index contributed by atoms with van der Waals surface area (Å²) < 4.78 is 22.1. The second kappa shape index (κ2) is 4.83. The maximum Gasteiger partial charge on any atom is 0.200 e. The fraction of sp³-hybridized carbons (Fsp3) is 0.857. The van der Waals surface area contributed by atoms with Crippen LogP contribution in [0.5, 0.6) is 0 Å². The Bertz CT molecular complexity index is 330. The van der Waals surface area contributed by atoms with Crippen molar-refractivity contribution in [2.45, 2.75) is 50.4 Å². The molecule has 2 aliphatic heterocycles. The predicted molar refractivity (Wildman–Crippen MR) is 65.8 cm³/mol. The zero-order valence-electron chi connectivity index (χ0n) is 11.0. The van der Waals surface area contributed by atoms with Crippen LogP contribution in [0.25, 0.3) is 0 Å². The molecule has 2 heterocycles. The molecular weight excluding hydrogens is 232 g/mol. The van der Waals surface area contributed by atoms with Crippen LogP contribution in [0.4, 0.5) is 0 Å². The quantitative estimate of drug-likeness (QED) is 0.558. The smallest absolute Gasteiger partial charge is 0.200 e. The van der Waals surface area contributed by atoms with Crippen molar-refractivity contribution >= 4 is 0 Å². The SMILES string of the molecule is COCOCC[C@@]12CCCC[C@@]13C=CO[C@@H](C2)O3. The van der Waals surface area contributed by atoms with Crippen molar-refractivity contribution in [1.29, 1.82) is 0 Å². The molecule has 0 N–H and O–H groups in total. The van der Waals surface area contributed by atoms with Gasteiger partial charge < -0.3 is 18.9 Å². The van der Waals surface area contributed by atoms with E-state index in [1.54, 1.807) is 7.11 Å². The lowest BCUT2D eigenvalue weighted by Gasteiger charge is -2.46.